The van der Waals surface area contributed by atoms with Crippen LogP contribution in [0.4, 0.5) is 0 Å². The number of hydrogen-bond donors (Lipinski definition) is 0. The first kappa shape index (κ1) is 12.6. The second-order valence-electron chi connectivity index (χ2n) is 4.80. The van der Waals surface area contributed by atoms with E-state index in [9.17, 15) is 0 Å². The summed E-state index contributed by atoms with van der Waals surface area (Å²) < 4.78 is 5.91. The SMILES string of the molecule is CCC1CCCC(Oc2cc(C)nc(Cl)n2)C1. The maximum Gasteiger partial charge on any atom is 0.225 e. The fourth-order valence-corrected chi connectivity index (χ4v) is 2.67. The van der Waals surface area contributed by atoms with Crippen molar-refractivity contribution in [2.45, 2.75) is 52.1 Å². The molecule has 0 N–H and O–H groups in total. The molecule has 2 rings (SSSR count). The minimum absolute atomic E-state index is 0.267. The van der Waals surface area contributed by atoms with Crippen LogP contribution in [0.2, 0.25) is 5.28 Å². The summed E-state index contributed by atoms with van der Waals surface area (Å²) in [6, 6.07) is 1.85. The van der Waals surface area contributed by atoms with E-state index in [0.29, 0.717) is 12.0 Å². The molecule has 1 aromatic rings. The predicted molar refractivity (Wildman–Crippen MR) is 68.4 cm³/mol. The maximum absolute atomic E-state index is 5.91. The van der Waals surface area contributed by atoms with Gasteiger partial charge in [0.15, 0.2) is 0 Å². The van der Waals surface area contributed by atoms with Crippen LogP contribution in [0.15, 0.2) is 6.07 Å². The number of aryl methyl sites for hydroxylation is 1. The van der Waals surface area contributed by atoms with E-state index in [0.717, 1.165) is 24.5 Å². The molecule has 4 heteroatoms. The molecule has 0 bridgehead atoms. The molecule has 1 heterocycles. The molecule has 1 fully saturated rings. The largest absolute Gasteiger partial charge is 0.474 e. The Morgan fingerprint density at radius 2 is 2.24 bits per heavy atom. The van der Waals surface area contributed by atoms with Gasteiger partial charge in [-0.3, -0.25) is 0 Å². The van der Waals surface area contributed by atoms with Gasteiger partial charge in [0.1, 0.15) is 6.10 Å². The summed E-state index contributed by atoms with van der Waals surface area (Å²) in [7, 11) is 0. The number of nitrogens with zero attached hydrogens (tertiary/aromatic N) is 2. The molecule has 0 amide bonds. The molecule has 94 valence electrons. The lowest BCUT2D eigenvalue weighted by atomic mass is 9.85. The highest BCUT2D eigenvalue weighted by molar-refractivity contribution is 6.28. The summed E-state index contributed by atoms with van der Waals surface area (Å²) in [5.74, 6) is 1.41. The number of rotatable bonds is 3. The molecule has 0 aromatic carbocycles. The smallest absolute Gasteiger partial charge is 0.225 e. The van der Waals surface area contributed by atoms with E-state index in [1.807, 2.05) is 13.0 Å². The zero-order chi connectivity index (χ0) is 12.3. The molecule has 2 atom stereocenters. The zero-order valence-corrected chi connectivity index (χ0v) is 11.2. The van der Waals surface area contributed by atoms with Gasteiger partial charge in [-0.05, 0) is 43.7 Å². The average Bonchev–Trinajstić information content (AvgIpc) is 2.28. The quantitative estimate of drug-likeness (QED) is 0.770. The van der Waals surface area contributed by atoms with E-state index in [1.54, 1.807) is 0 Å². The highest BCUT2D eigenvalue weighted by Gasteiger charge is 2.22. The zero-order valence-electron chi connectivity index (χ0n) is 10.4. The highest BCUT2D eigenvalue weighted by atomic mass is 35.5. The van der Waals surface area contributed by atoms with Crippen LogP contribution in [0.25, 0.3) is 0 Å². The van der Waals surface area contributed by atoms with Crippen LogP contribution in [-0.2, 0) is 0 Å². The maximum atomic E-state index is 5.91. The van der Waals surface area contributed by atoms with Gasteiger partial charge in [-0.2, -0.15) is 4.98 Å². The van der Waals surface area contributed by atoms with Crippen LogP contribution in [0.3, 0.4) is 0 Å². The number of halogens is 1. The monoisotopic (exact) mass is 254 g/mol. The first-order chi connectivity index (χ1) is 8.17. The van der Waals surface area contributed by atoms with Gasteiger partial charge in [-0.1, -0.05) is 19.8 Å². The van der Waals surface area contributed by atoms with E-state index >= 15 is 0 Å². The summed E-state index contributed by atoms with van der Waals surface area (Å²) in [5.41, 5.74) is 0.850. The first-order valence-corrected chi connectivity index (χ1v) is 6.73. The van der Waals surface area contributed by atoms with Crippen molar-refractivity contribution in [3.05, 3.63) is 17.0 Å². The van der Waals surface area contributed by atoms with Crippen molar-refractivity contribution in [1.29, 1.82) is 0 Å². The Bertz CT molecular complexity index is 363. The molecular weight excluding hydrogens is 236 g/mol. The Balaban J connectivity index is 2.00. The average molecular weight is 255 g/mol. The lowest BCUT2D eigenvalue weighted by molar-refractivity contribution is 0.117. The van der Waals surface area contributed by atoms with Crippen LogP contribution in [-0.4, -0.2) is 16.1 Å². The fraction of sp³-hybridized carbons (Fsp3) is 0.692. The highest BCUT2D eigenvalue weighted by Crippen LogP contribution is 2.29. The number of hydrogen-bond acceptors (Lipinski definition) is 3. The fourth-order valence-electron chi connectivity index (χ4n) is 2.46. The molecule has 0 aliphatic heterocycles. The van der Waals surface area contributed by atoms with Crippen molar-refractivity contribution in [3.8, 4) is 5.88 Å². The normalized spacial score (nSPS) is 24.6. The van der Waals surface area contributed by atoms with Crippen LogP contribution in [0.5, 0.6) is 5.88 Å². The third-order valence-corrected chi connectivity index (χ3v) is 3.57. The topological polar surface area (TPSA) is 35.0 Å². The van der Waals surface area contributed by atoms with Crippen LogP contribution < -0.4 is 4.74 Å². The molecular formula is C13H19ClN2O. The summed E-state index contributed by atoms with van der Waals surface area (Å²) in [6.07, 6.45) is 6.37. The first-order valence-electron chi connectivity index (χ1n) is 6.35. The summed E-state index contributed by atoms with van der Waals surface area (Å²) in [4.78, 5) is 8.14. The van der Waals surface area contributed by atoms with Gasteiger partial charge in [-0.15, -0.1) is 0 Å². The molecule has 0 radical (unpaired) electrons. The van der Waals surface area contributed by atoms with Crippen molar-refractivity contribution in [2.24, 2.45) is 5.92 Å². The van der Waals surface area contributed by atoms with Crippen molar-refractivity contribution in [1.82, 2.24) is 9.97 Å². The molecule has 1 saturated carbocycles. The van der Waals surface area contributed by atoms with E-state index in [-0.39, 0.29) is 5.28 Å². The Kier molecular flexibility index (Phi) is 4.21. The summed E-state index contributed by atoms with van der Waals surface area (Å²) >= 11 is 5.82. The minimum atomic E-state index is 0.267. The Hall–Kier alpha value is -0.830. The van der Waals surface area contributed by atoms with Crippen LogP contribution in [0, 0.1) is 12.8 Å². The third-order valence-electron chi connectivity index (χ3n) is 3.40. The van der Waals surface area contributed by atoms with Gasteiger partial charge >= 0.3 is 0 Å². The second-order valence-corrected chi connectivity index (χ2v) is 5.14. The molecule has 1 aromatic heterocycles. The minimum Gasteiger partial charge on any atom is -0.474 e. The third kappa shape index (κ3) is 3.56. The van der Waals surface area contributed by atoms with Crippen LogP contribution in [0.1, 0.15) is 44.7 Å². The molecule has 0 saturated heterocycles. The predicted octanol–water partition coefficient (Wildman–Crippen LogP) is 3.79. The molecule has 2 unspecified atom stereocenters. The summed E-state index contributed by atoms with van der Waals surface area (Å²) in [6.45, 7) is 4.15. The Morgan fingerprint density at radius 1 is 1.41 bits per heavy atom. The van der Waals surface area contributed by atoms with E-state index in [1.165, 1.54) is 19.3 Å². The standard InChI is InChI=1S/C13H19ClN2O/c1-3-10-5-4-6-11(8-10)17-12-7-9(2)15-13(14)16-12/h7,10-11H,3-6,8H2,1-2H3. The molecule has 3 nitrogen and oxygen atoms in total. The lowest BCUT2D eigenvalue weighted by Crippen LogP contribution is -2.25. The van der Waals surface area contributed by atoms with E-state index < -0.39 is 0 Å². The van der Waals surface area contributed by atoms with Crippen molar-refractivity contribution in [2.75, 3.05) is 0 Å². The van der Waals surface area contributed by atoms with Gasteiger partial charge in [0.25, 0.3) is 0 Å². The van der Waals surface area contributed by atoms with Gasteiger partial charge in [0, 0.05) is 11.8 Å². The molecule has 0 spiro atoms. The Morgan fingerprint density at radius 3 is 2.94 bits per heavy atom. The lowest BCUT2D eigenvalue weighted by Gasteiger charge is -2.28. The molecule has 1 aliphatic carbocycles. The Labute approximate surface area is 108 Å². The second kappa shape index (κ2) is 5.67. The van der Waals surface area contributed by atoms with Gasteiger partial charge in [-0.25, -0.2) is 4.98 Å². The van der Waals surface area contributed by atoms with E-state index in [2.05, 4.69) is 16.9 Å². The number of aromatic nitrogens is 2. The van der Waals surface area contributed by atoms with Gasteiger partial charge < -0.3 is 4.74 Å². The van der Waals surface area contributed by atoms with Crippen molar-refractivity contribution in [3.63, 3.8) is 0 Å². The number of ether oxygens (including phenoxy) is 1. The van der Waals surface area contributed by atoms with Crippen LogP contribution >= 0.6 is 11.6 Å². The molecule has 17 heavy (non-hydrogen) atoms. The van der Waals surface area contributed by atoms with Gasteiger partial charge in [0.2, 0.25) is 11.2 Å². The van der Waals surface area contributed by atoms with Gasteiger partial charge in [0.05, 0.1) is 0 Å². The van der Waals surface area contributed by atoms with E-state index in [4.69, 9.17) is 16.3 Å². The van der Waals surface area contributed by atoms with Crippen molar-refractivity contribution < 1.29 is 4.74 Å². The summed E-state index contributed by atoms with van der Waals surface area (Å²) in [5, 5.41) is 0.267. The van der Waals surface area contributed by atoms with Crippen molar-refractivity contribution >= 4 is 11.6 Å². The molecule has 1 aliphatic rings.